The number of aromatic nitrogens is 2. The molecule has 0 saturated carbocycles. The molecule has 0 aliphatic rings. The Morgan fingerprint density at radius 3 is 2.52 bits per heavy atom. The minimum atomic E-state index is 0.526. The lowest BCUT2D eigenvalue weighted by Gasteiger charge is -2.26. The molecule has 4 nitrogen and oxygen atoms in total. The van der Waals surface area contributed by atoms with Crippen LogP contribution in [0.3, 0.4) is 0 Å². The summed E-state index contributed by atoms with van der Waals surface area (Å²) >= 11 is 5.01. The van der Waals surface area contributed by atoms with Gasteiger partial charge >= 0.3 is 0 Å². The van der Waals surface area contributed by atoms with Crippen molar-refractivity contribution >= 4 is 33.8 Å². The van der Waals surface area contributed by atoms with Gasteiger partial charge in [0.15, 0.2) is 5.82 Å². The summed E-state index contributed by atoms with van der Waals surface area (Å²) in [5.74, 6) is 1.44. The van der Waals surface area contributed by atoms with Gasteiger partial charge in [-0.05, 0) is 12.8 Å². The lowest BCUT2D eigenvalue weighted by atomic mass is 10.1. The molecule has 0 unspecified atom stereocenters. The molecule has 1 aromatic carbocycles. The van der Waals surface area contributed by atoms with Crippen molar-refractivity contribution in [3.63, 3.8) is 0 Å². The van der Waals surface area contributed by atoms with Crippen LogP contribution in [0.25, 0.3) is 10.8 Å². The fourth-order valence-corrected chi connectivity index (χ4v) is 2.52. The minimum absolute atomic E-state index is 0.526. The zero-order chi connectivity index (χ0) is 15.4. The summed E-state index contributed by atoms with van der Waals surface area (Å²) in [7, 11) is 0. The molecule has 0 aliphatic heterocycles. The van der Waals surface area contributed by atoms with E-state index < -0.39 is 0 Å². The standard InChI is InChI=1S/C16H22N4S/c1-11(2)10-20(9-8-15(17)21)16-14-7-5-4-6-13(14)12(3)18-19-16/h4-7,11H,8-10H2,1-3H3,(H2,17,21). The van der Waals surface area contributed by atoms with Crippen LogP contribution >= 0.6 is 12.2 Å². The molecule has 0 aliphatic carbocycles. The monoisotopic (exact) mass is 302 g/mol. The molecule has 0 radical (unpaired) electrons. The molecule has 0 fully saturated rings. The second-order valence-electron chi connectivity index (χ2n) is 5.71. The van der Waals surface area contributed by atoms with Gasteiger partial charge in [0.25, 0.3) is 0 Å². The highest BCUT2D eigenvalue weighted by molar-refractivity contribution is 7.80. The van der Waals surface area contributed by atoms with Crippen LogP contribution in [0.1, 0.15) is 26.0 Å². The lowest BCUT2D eigenvalue weighted by Crippen LogP contribution is -2.32. The third-order valence-electron chi connectivity index (χ3n) is 3.37. The van der Waals surface area contributed by atoms with Crippen molar-refractivity contribution in [3.8, 4) is 0 Å². The first kappa shape index (κ1) is 15.6. The predicted molar refractivity (Wildman–Crippen MR) is 92.7 cm³/mol. The molecule has 0 atom stereocenters. The van der Waals surface area contributed by atoms with Gasteiger partial charge in [-0.1, -0.05) is 50.3 Å². The third-order valence-corrected chi connectivity index (χ3v) is 3.57. The number of aryl methyl sites for hydroxylation is 1. The molecule has 2 aromatic rings. The van der Waals surface area contributed by atoms with Crippen LogP contribution in [-0.4, -0.2) is 28.3 Å². The third kappa shape index (κ3) is 3.88. The molecule has 1 heterocycles. The number of thiocarbonyl (C=S) groups is 1. The van der Waals surface area contributed by atoms with Gasteiger partial charge in [-0.3, -0.25) is 0 Å². The summed E-state index contributed by atoms with van der Waals surface area (Å²) in [6.45, 7) is 8.05. The van der Waals surface area contributed by atoms with E-state index in [1.54, 1.807) is 0 Å². The zero-order valence-electron chi connectivity index (χ0n) is 12.8. The maximum Gasteiger partial charge on any atom is 0.159 e. The van der Waals surface area contributed by atoms with Crippen LogP contribution in [0.5, 0.6) is 0 Å². The van der Waals surface area contributed by atoms with E-state index in [1.807, 2.05) is 19.1 Å². The summed E-state index contributed by atoms with van der Waals surface area (Å²) in [6, 6.07) is 8.25. The Bertz CT molecular complexity index is 639. The number of hydrogen-bond donors (Lipinski definition) is 1. The Kier molecular flexibility index (Phi) is 5.07. The van der Waals surface area contributed by atoms with E-state index in [4.69, 9.17) is 18.0 Å². The van der Waals surface area contributed by atoms with Crippen molar-refractivity contribution < 1.29 is 0 Å². The first-order valence-corrected chi connectivity index (χ1v) is 7.65. The van der Waals surface area contributed by atoms with Gasteiger partial charge in [-0.15, -0.1) is 5.10 Å². The van der Waals surface area contributed by atoms with E-state index in [9.17, 15) is 0 Å². The van der Waals surface area contributed by atoms with Crippen LogP contribution in [-0.2, 0) is 0 Å². The number of fused-ring (bicyclic) bond motifs is 1. The van der Waals surface area contributed by atoms with Gasteiger partial charge in [-0.2, -0.15) is 5.10 Å². The summed E-state index contributed by atoms with van der Waals surface area (Å²) in [4.78, 5) is 2.77. The van der Waals surface area contributed by atoms with Gasteiger partial charge in [0, 0.05) is 30.3 Å². The largest absolute Gasteiger partial charge is 0.393 e. The first-order valence-electron chi connectivity index (χ1n) is 7.24. The van der Waals surface area contributed by atoms with Crippen LogP contribution in [0.4, 0.5) is 5.82 Å². The Hall–Kier alpha value is -1.75. The molecular formula is C16H22N4S. The fraction of sp³-hybridized carbons (Fsp3) is 0.438. The second kappa shape index (κ2) is 6.80. The van der Waals surface area contributed by atoms with Crippen molar-refractivity contribution in [2.24, 2.45) is 11.7 Å². The molecule has 2 rings (SSSR count). The van der Waals surface area contributed by atoms with Gasteiger partial charge in [0.2, 0.25) is 0 Å². The molecule has 1 aromatic heterocycles. The molecular weight excluding hydrogens is 280 g/mol. The maximum atomic E-state index is 5.66. The molecule has 112 valence electrons. The van der Waals surface area contributed by atoms with Crippen molar-refractivity contribution in [1.82, 2.24) is 10.2 Å². The van der Waals surface area contributed by atoms with Crippen LogP contribution in [0.15, 0.2) is 24.3 Å². The molecule has 0 amide bonds. The van der Waals surface area contributed by atoms with E-state index in [2.05, 4.69) is 41.1 Å². The van der Waals surface area contributed by atoms with Gasteiger partial charge in [0.1, 0.15) is 0 Å². The highest BCUT2D eigenvalue weighted by atomic mass is 32.1. The Morgan fingerprint density at radius 1 is 1.24 bits per heavy atom. The molecule has 2 N–H and O–H groups in total. The van der Waals surface area contributed by atoms with Crippen molar-refractivity contribution in [2.45, 2.75) is 27.2 Å². The minimum Gasteiger partial charge on any atom is -0.393 e. The Labute approximate surface area is 131 Å². The molecule has 0 bridgehead atoms. The average Bonchev–Trinajstić information content (AvgIpc) is 2.44. The number of benzene rings is 1. The highest BCUT2D eigenvalue weighted by Gasteiger charge is 2.15. The number of anilines is 1. The predicted octanol–water partition coefficient (Wildman–Crippen LogP) is 3.08. The number of nitrogens with zero attached hydrogens (tertiary/aromatic N) is 3. The van der Waals surface area contributed by atoms with Crippen molar-refractivity contribution in [1.29, 1.82) is 0 Å². The van der Waals surface area contributed by atoms with E-state index >= 15 is 0 Å². The van der Waals surface area contributed by atoms with E-state index in [0.29, 0.717) is 17.3 Å². The van der Waals surface area contributed by atoms with E-state index in [0.717, 1.165) is 35.4 Å². The topological polar surface area (TPSA) is 55.0 Å². The Morgan fingerprint density at radius 2 is 1.90 bits per heavy atom. The summed E-state index contributed by atoms with van der Waals surface area (Å²) in [5.41, 5.74) is 6.61. The fourth-order valence-electron chi connectivity index (χ4n) is 2.43. The van der Waals surface area contributed by atoms with Crippen LogP contribution < -0.4 is 10.6 Å². The number of hydrogen-bond acceptors (Lipinski definition) is 4. The quantitative estimate of drug-likeness (QED) is 0.831. The van der Waals surface area contributed by atoms with E-state index in [-0.39, 0.29) is 0 Å². The van der Waals surface area contributed by atoms with Gasteiger partial charge in [0.05, 0.1) is 10.7 Å². The Balaban J connectivity index is 2.43. The summed E-state index contributed by atoms with van der Waals surface area (Å²) in [6.07, 6.45) is 0.686. The van der Waals surface area contributed by atoms with E-state index in [1.165, 1.54) is 0 Å². The second-order valence-corrected chi connectivity index (χ2v) is 6.24. The number of rotatable bonds is 6. The molecule has 5 heteroatoms. The normalized spacial score (nSPS) is 11.0. The van der Waals surface area contributed by atoms with Crippen LogP contribution in [0, 0.1) is 12.8 Å². The maximum absolute atomic E-state index is 5.66. The molecule has 0 saturated heterocycles. The smallest absolute Gasteiger partial charge is 0.159 e. The average molecular weight is 302 g/mol. The van der Waals surface area contributed by atoms with Crippen molar-refractivity contribution in [2.75, 3.05) is 18.0 Å². The molecule has 21 heavy (non-hydrogen) atoms. The van der Waals surface area contributed by atoms with Crippen LogP contribution in [0.2, 0.25) is 0 Å². The molecule has 0 spiro atoms. The number of nitrogens with two attached hydrogens (primary N) is 1. The van der Waals surface area contributed by atoms with Gasteiger partial charge in [-0.25, -0.2) is 0 Å². The van der Waals surface area contributed by atoms with Crippen molar-refractivity contribution in [3.05, 3.63) is 30.0 Å². The zero-order valence-corrected chi connectivity index (χ0v) is 13.7. The summed E-state index contributed by atoms with van der Waals surface area (Å²) in [5, 5.41) is 11.0. The first-order chi connectivity index (χ1) is 9.99. The summed E-state index contributed by atoms with van der Waals surface area (Å²) < 4.78 is 0. The van der Waals surface area contributed by atoms with Gasteiger partial charge < -0.3 is 10.6 Å². The lowest BCUT2D eigenvalue weighted by molar-refractivity contribution is 0.608. The SMILES string of the molecule is Cc1nnc(N(CCC(N)=S)CC(C)C)c2ccccc12. The highest BCUT2D eigenvalue weighted by Crippen LogP contribution is 2.26.